The lowest BCUT2D eigenvalue weighted by molar-refractivity contribution is 0.102. The molecule has 2 rings (SSSR count). The molecule has 1 aromatic heterocycles. The van der Waals surface area contributed by atoms with Crippen LogP contribution in [0, 0.1) is 25.7 Å². The number of benzene rings is 1. The van der Waals surface area contributed by atoms with Gasteiger partial charge in [0.1, 0.15) is 6.26 Å². The van der Waals surface area contributed by atoms with Gasteiger partial charge in [0.2, 0.25) is 0 Å². The van der Waals surface area contributed by atoms with Crippen LogP contribution in [0.3, 0.4) is 0 Å². The number of aromatic nitrogens is 1. The Kier molecular flexibility index (Phi) is 4.18. The van der Waals surface area contributed by atoms with E-state index in [1.165, 1.54) is 6.26 Å². The van der Waals surface area contributed by atoms with Gasteiger partial charge in [-0.05, 0) is 31.5 Å². The monoisotopic (exact) mass is 269 g/mol. The van der Waals surface area contributed by atoms with Gasteiger partial charge in [-0.25, -0.2) is 0 Å². The molecule has 1 aromatic carbocycles. The molecular weight excluding hydrogens is 254 g/mol. The van der Waals surface area contributed by atoms with Crippen molar-refractivity contribution in [1.82, 2.24) is 4.98 Å². The topological polar surface area (TPSA) is 81.2 Å². The molecule has 0 atom stereocenters. The van der Waals surface area contributed by atoms with Gasteiger partial charge < -0.3 is 10.2 Å². The van der Waals surface area contributed by atoms with Crippen LogP contribution in [0.25, 0.3) is 0 Å². The summed E-state index contributed by atoms with van der Waals surface area (Å²) >= 11 is 0. The number of anilines is 1. The number of oxazole rings is 1. The van der Waals surface area contributed by atoms with Crippen LogP contribution in [0.2, 0.25) is 0 Å². The molecule has 0 radical (unpaired) electrons. The van der Waals surface area contributed by atoms with Crippen LogP contribution in [-0.4, -0.2) is 17.4 Å². The Morgan fingerprint density at radius 3 is 2.90 bits per heavy atom. The smallest absolute Gasteiger partial charge is 0.301 e. The second-order valence-electron chi connectivity index (χ2n) is 4.28. The van der Waals surface area contributed by atoms with Gasteiger partial charge in [0, 0.05) is 11.1 Å². The molecule has 0 aliphatic rings. The SMILES string of the molecule is Cc1coc(NC(=O)c2ccc(C)c(C#CCN)c2)n1. The van der Waals surface area contributed by atoms with E-state index >= 15 is 0 Å². The Morgan fingerprint density at radius 2 is 2.25 bits per heavy atom. The molecule has 0 saturated heterocycles. The van der Waals surface area contributed by atoms with Gasteiger partial charge in [-0.3, -0.25) is 10.1 Å². The average Bonchev–Trinajstić information content (AvgIpc) is 2.83. The van der Waals surface area contributed by atoms with E-state index in [4.69, 9.17) is 10.2 Å². The van der Waals surface area contributed by atoms with E-state index in [0.29, 0.717) is 11.3 Å². The summed E-state index contributed by atoms with van der Waals surface area (Å²) in [6, 6.07) is 5.48. The van der Waals surface area contributed by atoms with E-state index < -0.39 is 0 Å². The van der Waals surface area contributed by atoms with Crippen molar-refractivity contribution in [1.29, 1.82) is 0 Å². The third-order valence-corrected chi connectivity index (χ3v) is 2.66. The minimum atomic E-state index is -0.289. The van der Waals surface area contributed by atoms with Gasteiger partial charge in [0.25, 0.3) is 5.91 Å². The summed E-state index contributed by atoms with van der Waals surface area (Å²) in [7, 11) is 0. The van der Waals surface area contributed by atoms with Crippen molar-refractivity contribution >= 4 is 11.9 Å². The average molecular weight is 269 g/mol. The van der Waals surface area contributed by atoms with E-state index in [2.05, 4.69) is 22.1 Å². The highest BCUT2D eigenvalue weighted by Gasteiger charge is 2.10. The zero-order valence-electron chi connectivity index (χ0n) is 11.4. The van der Waals surface area contributed by atoms with E-state index in [1.54, 1.807) is 19.1 Å². The predicted octanol–water partition coefficient (Wildman–Crippen LogP) is 1.85. The molecule has 0 bridgehead atoms. The fourth-order valence-corrected chi connectivity index (χ4v) is 1.62. The fourth-order valence-electron chi connectivity index (χ4n) is 1.62. The maximum Gasteiger partial charge on any atom is 0.301 e. The van der Waals surface area contributed by atoms with Crippen LogP contribution in [-0.2, 0) is 0 Å². The van der Waals surface area contributed by atoms with Crippen LogP contribution in [0.1, 0.15) is 27.2 Å². The zero-order valence-corrected chi connectivity index (χ0v) is 11.4. The molecule has 0 saturated carbocycles. The lowest BCUT2D eigenvalue weighted by atomic mass is 10.0. The molecule has 102 valence electrons. The van der Waals surface area contributed by atoms with E-state index in [1.807, 2.05) is 13.0 Å². The standard InChI is InChI=1S/C15H15N3O2/c1-10-5-6-13(8-12(10)4-3-7-16)14(19)18-15-17-11(2)9-20-15/h5-6,8-9H,7,16H2,1-2H3,(H,17,18,19). The number of aryl methyl sites for hydroxylation is 2. The lowest BCUT2D eigenvalue weighted by Crippen LogP contribution is -2.12. The number of hydrogen-bond acceptors (Lipinski definition) is 4. The Morgan fingerprint density at radius 1 is 1.45 bits per heavy atom. The lowest BCUT2D eigenvalue weighted by Gasteiger charge is -2.04. The first-order chi connectivity index (χ1) is 9.60. The first-order valence-corrected chi connectivity index (χ1v) is 6.13. The Hall–Kier alpha value is -2.58. The molecular formula is C15H15N3O2. The summed E-state index contributed by atoms with van der Waals surface area (Å²) in [5, 5.41) is 2.59. The highest BCUT2D eigenvalue weighted by Crippen LogP contribution is 2.13. The molecule has 0 aliphatic heterocycles. The molecule has 20 heavy (non-hydrogen) atoms. The molecule has 5 heteroatoms. The molecule has 1 amide bonds. The predicted molar refractivity (Wildman–Crippen MR) is 76.3 cm³/mol. The number of nitrogens with one attached hydrogen (secondary N) is 1. The third-order valence-electron chi connectivity index (χ3n) is 2.66. The van der Waals surface area contributed by atoms with Crippen molar-refractivity contribution in [2.75, 3.05) is 11.9 Å². The van der Waals surface area contributed by atoms with Gasteiger partial charge in [-0.2, -0.15) is 4.98 Å². The van der Waals surface area contributed by atoms with Gasteiger partial charge in [0.05, 0.1) is 12.2 Å². The first kappa shape index (κ1) is 13.8. The number of hydrogen-bond donors (Lipinski definition) is 2. The van der Waals surface area contributed by atoms with Crippen molar-refractivity contribution in [3.8, 4) is 11.8 Å². The molecule has 5 nitrogen and oxygen atoms in total. The summed E-state index contributed by atoms with van der Waals surface area (Å²) < 4.78 is 5.09. The second-order valence-corrected chi connectivity index (χ2v) is 4.28. The second kappa shape index (κ2) is 6.04. The number of nitrogens with two attached hydrogens (primary N) is 1. The maximum atomic E-state index is 12.1. The zero-order chi connectivity index (χ0) is 14.5. The molecule has 0 fully saturated rings. The van der Waals surface area contributed by atoms with Crippen molar-refractivity contribution in [2.45, 2.75) is 13.8 Å². The van der Waals surface area contributed by atoms with Crippen LogP contribution in [0.5, 0.6) is 0 Å². The highest BCUT2D eigenvalue weighted by molar-refractivity contribution is 6.03. The van der Waals surface area contributed by atoms with E-state index in [-0.39, 0.29) is 18.5 Å². The molecule has 0 unspecified atom stereocenters. The fraction of sp³-hybridized carbons (Fsp3) is 0.200. The summed E-state index contributed by atoms with van der Waals surface area (Å²) in [6.45, 7) is 4.00. The number of rotatable bonds is 2. The minimum absolute atomic E-state index is 0.183. The maximum absolute atomic E-state index is 12.1. The first-order valence-electron chi connectivity index (χ1n) is 6.13. The Bertz CT molecular complexity index is 693. The molecule has 3 N–H and O–H groups in total. The number of carbonyl (C=O) groups is 1. The van der Waals surface area contributed by atoms with Crippen molar-refractivity contribution in [2.24, 2.45) is 5.73 Å². The van der Waals surface area contributed by atoms with Gasteiger partial charge in [-0.15, -0.1) is 0 Å². The normalized spacial score (nSPS) is 9.75. The van der Waals surface area contributed by atoms with Gasteiger partial charge in [0.15, 0.2) is 0 Å². The van der Waals surface area contributed by atoms with Crippen LogP contribution in [0.4, 0.5) is 6.01 Å². The van der Waals surface area contributed by atoms with Gasteiger partial charge >= 0.3 is 6.01 Å². The van der Waals surface area contributed by atoms with Crippen LogP contribution < -0.4 is 11.1 Å². The van der Waals surface area contributed by atoms with Gasteiger partial charge in [-0.1, -0.05) is 17.9 Å². The number of amides is 1. The molecule has 0 aliphatic carbocycles. The Labute approximate surface area is 117 Å². The number of nitrogens with zero attached hydrogens (tertiary/aromatic N) is 1. The molecule has 0 spiro atoms. The summed E-state index contributed by atoms with van der Waals surface area (Å²) in [6.07, 6.45) is 1.48. The highest BCUT2D eigenvalue weighted by atomic mass is 16.4. The summed E-state index contributed by atoms with van der Waals surface area (Å²) in [4.78, 5) is 16.1. The quantitative estimate of drug-likeness (QED) is 0.815. The molecule has 1 heterocycles. The van der Waals surface area contributed by atoms with E-state index in [9.17, 15) is 4.79 Å². The Balaban J connectivity index is 2.22. The van der Waals surface area contributed by atoms with Crippen LogP contribution in [0.15, 0.2) is 28.9 Å². The summed E-state index contributed by atoms with van der Waals surface area (Å²) in [5.41, 5.74) is 8.33. The third kappa shape index (κ3) is 3.25. The number of carbonyl (C=O) groups excluding carboxylic acids is 1. The van der Waals surface area contributed by atoms with Crippen LogP contribution >= 0.6 is 0 Å². The largest absolute Gasteiger partial charge is 0.432 e. The molecule has 2 aromatic rings. The summed E-state index contributed by atoms with van der Waals surface area (Å²) in [5.74, 6) is 5.43. The van der Waals surface area contributed by atoms with Crippen molar-refractivity contribution in [3.05, 3.63) is 46.8 Å². The van der Waals surface area contributed by atoms with Crippen molar-refractivity contribution < 1.29 is 9.21 Å². The van der Waals surface area contributed by atoms with Crippen molar-refractivity contribution in [3.63, 3.8) is 0 Å². The van der Waals surface area contributed by atoms with E-state index in [0.717, 1.165) is 11.1 Å². The minimum Gasteiger partial charge on any atom is -0.432 e.